The molecular formula is C23H29N3O3. The highest BCUT2D eigenvalue weighted by atomic mass is 16.5. The monoisotopic (exact) mass is 395 g/mol. The third-order valence-corrected chi connectivity index (χ3v) is 5.05. The minimum absolute atomic E-state index is 0.0920. The quantitative estimate of drug-likeness (QED) is 0.697. The number of nitrogens with zero attached hydrogens (tertiary/aromatic N) is 2. The van der Waals surface area contributed by atoms with Crippen LogP contribution in [0, 0.1) is 0 Å². The van der Waals surface area contributed by atoms with Crippen molar-refractivity contribution < 1.29 is 14.3 Å². The summed E-state index contributed by atoms with van der Waals surface area (Å²) >= 11 is 0. The molecule has 6 heteroatoms. The first-order chi connectivity index (χ1) is 14.0. The highest BCUT2D eigenvalue weighted by molar-refractivity contribution is 5.98. The highest BCUT2D eigenvalue weighted by Crippen LogP contribution is 2.15. The number of anilines is 1. The van der Waals surface area contributed by atoms with E-state index in [4.69, 9.17) is 4.74 Å². The second kappa shape index (κ2) is 10.2. The van der Waals surface area contributed by atoms with Gasteiger partial charge in [0, 0.05) is 37.4 Å². The molecular weight excluding hydrogens is 366 g/mol. The number of benzene rings is 2. The van der Waals surface area contributed by atoms with E-state index in [1.54, 1.807) is 24.3 Å². The zero-order valence-corrected chi connectivity index (χ0v) is 17.2. The molecule has 0 aromatic heterocycles. The number of carbonyl (C=O) groups excluding carboxylic acids is 2. The molecule has 1 N–H and O–H groups in total. The Bertz CT molecular complexity index is 810. The topological polar surface area (TPSA) is 61.9 Å². The van der Waals surface area contributed by atoms with Gasteiger partial charge < -0.3 is 15.0 Å². The predicted octanol–water partition coefficient (Wildman–Crippen LogP) is 2.70. The molecule has 1 heterocycles. The number of Topliss-reactive ketones (excluding diaryl/α,β-unsaturated/α-hetero) is 1. The van der Waals surface area contributed by atoms with Crippen molar-refractivity contribution in [3.63, 3.8) is 0 Å². The largest absolute Gasteiger partial charge is 0.494 e. The maximum absolute atomic E-state index is 12.5. The summed E-state index contributed by atoms with van der Waals surface area (Å²) in [6.45, 7) is 6.82. The second-order valence-corrected chi connectivity index (χ2v) is 7.38. The van der Waals surface area contributed by atoms with Crippen LogP contribution < -0.4 is 10.1 Å². The van der Waals surface area contributed by atoms with Gasteiger partial charge >= 0.3 is 0 Å². The zero-order valence-electron chi connectivity index (χ0n) is 17.2. The van der Waals surface area contributed by atoms with E-state index in [0.717, 1.165) is 37.5 Å². The number of likely N-dealkylation sites (N-methyl/N-ethyl adjacent to an activating group) is 1. The fourth-order valence-corrected chi connectivity index (χ4v) is 3.30. The molecule has 0 unspecified atom stereocenters. The smallest absolute Gasteiger partial charge is 0.228 e. The van der Waals surface area contributed by atoms with Crippen LogP contribution in [0.4, 0.5) is 5.69 Å². The molecule has 3 rings (SSSR count). The van der Waals surface area contributed by atoms with Crippen molar-refractivity contribution in [3.05, 3.63) is 59.7 Å². The Kier molecular flexibility index (Phi) is 7.38. The van der Waals surface area contributed by atoms with Crippen molar-refractivity contribution in [1.82, 2.24) is 9.80 Å². The predicted molar refractivity (Wildman–Crippen MR) is 115 cm³/mol. The van der Waals surface area contributed by atoms with Gasteiger partial charge in [-0.25, -0.2) is 0 Å². The molecule has 0 atom stereocenters. The van der Waals surface area contributed by atoms with Gasteiger partial charge in [0.2, 0.25) is 5.91 Å². The lowest BCUT2D eigenvalue weighted by molar-refractivity contribution is -0.115. The van der Waals surface area contributed by atoms with Crippen LogP contribution in [0.25, 0.3) is 0 Å². The van der Waals surface area contributed by atoms with Gasteiger partial charge in [-0.1, -0.05) is 12.1 Å². The van der Waals surface area contributed by atoms with Crippen molar-refractivity contribution >= 4 is 17.4 Å². The third kappa shape index (κ3) is 6.41. The molecule has 1 saturated heterocycles. The lowest BCUT2D eigenvalue weighted by Gasteiger charge is -2.31. The highest BCUT2D eigenvalue weighted by Gasteiger charge is 2.17. The van der Waals surface area contributed by atoms with E-state index in [0.29, 0.717) is 24.4 Å². The second-order valence-electron chi connectivity index (χ2n) is 7.38. The third-order valence-electron chi connectivity index (χ3n) is 5.05. The van der Waals surface area contributed by atoms with Gasteiger partial charge in [-0.05, 0) is 55.9 Å². The summed E-state index contributed by atoms with van der Waals surface area (Å²) in [4.78, 5) is 29.2. The first-order valence-electron chi connectivity index (χ1n) is 10.1. The van der Waals surface area contributed by atoms with Crippen molar-refractivity contribution in [2.75, 3.05) is 51.7 Å². The summed E-state index contributed by atoms with van der Waals surface area (Å²) in [5.41, 5.74) is 2.29. The number of hydrogen-bond acceptors (Lipinski definition) is 5. The Labute approximate surface area is 172 Å². The van der Waals surface area contributed by atoms with Crippen LogP contribution in [-0.4, -0.2) is 67.9 Å². The minimum Gasteiger partial charge on any atom is -0.494 e. The van der Waals surface area contributed by atoms with Crippen LogP contribution in [0.2, 0.25) is 0 Å². The van der Waals surface area contributed by atoms with E-state index >= 15 is 0 Å². The lowest BCUT2D eigenvalue weighted by Crippen LogP contribution is -2.46. The minimum atomic E-state index is -0.0920. The van der Waals surface area contributed by atoms with E-state index in [2.05, 4.69) is 22.2 Å². The Morgan fingerprint density at radius 1 is 0.966 bits per heavy atom. The average molecular weight is 396 g/mol. The molecule has 2 aromatic rings. The molecule has 1 aliphatic rings. The zero-order chi connectivity index (χ0) is 20.6. The van der Waals surface area contributed by atoms with Gasteiger partial charge in [0.15, 0.2) is 5.78 Å². The number of ketones is 1. The first kappa shape index (κ1) is 21.0. The van der Waals surface area contributed by atoms with Crippen molar-refractivity contribution in [2.45, 2.75) is 13.3 Å². The normalized spacial score (nSPS) is 15.1. The average Bonchev–Trinajstić information content (AvgIpc) is 2.72. The molecule has 0 radical (unpaired) electrons. The summed E-state index contributed by atoms with van der Waals surface area (Å²) in [6, 6.07) is 14.7. The van der Waals surface area contributed by atoms with E-state index < -0.39 is 0 Å². The molecule has 6 nitrogen and oxygen atoms in total. The van der Waals surface area contributed by atoms with Crippen LogP contribution in [0.15, 0.2) is 48.5 Å². The molecule has 29 heavy (non-hydrogen) atoms. The number of rotatable bonds is 8. The molecule has 0 saturated carbocycles. The standard InChI is InChI=1S/C23H29N3O3/c1-3-29-21-10-4-18(5-11-21)16-23(28)24-20-8-6-19(7-9-20)22(27)17-26-14-12-25(2)13-15-26/h4-11H,3,12-17H2,1-2H3,(H,24,28). The number of ether oxygens (including phenoxy) is 1. The van der Waals surface area contributed by atoms with E-state index in [1.807, 2.05) is 31.2 Å². The molecule has 154 valence electrons. The van der Waals surface area contributed by atoms with Crippen molar-refractivity contribution in [3.8, 4) is 5.75 Å². The fourth-order valence-electron chi connectivity index (χ4n) is 3.30. The molecule has 0 spiro atoms. The number of hydrogen-bond donors (Lipinski definition) is 1. The van der Waals surface area contributed by atoms with E-state index in [1.165, 1.54) is 0 Å². The van der Waals surface area contributed by atoms with Gasteiger partial charge in [-0.15, -0.1) is 0 Å². The summed E-state index contributed by atoms with van der Waals surface area (Å²) in [6.07, 6.45) is 0.288. The number of amides is 1. The van der Waals surface area contributed by atoms with Gasteiger partial charge in [-0.3, -0.25) is 14.5 Å². The van der Waals surface area contributed by atoms with Crippen LogP contribution in [-0.2, 0) is 11.2 Å². The summed E-state index contributed by atoms with van der Waals surface area (Å²) in [5, 5.41) is 2.89. The molecule has 1 aliphatic heterocycles. The lowest BCUT2D eigenvalue weighted by atomic mass is 10.1. The Morgan fingerprint density at radius 3 is 2.24 bits per heavy atom. The maximum atomic E-state index is 12.5. The van der Waals surface area contributed by atoms with Crippen LogP contribution in [0.5, 0.6) is 5.75 Å². The Hall–Kier alpha value is -2.70. The van der Waals surface area contributed by atoms with Gasteiger partial charge in [0.25, 0.3) is 0 Å². The van der Waals surface area contributed by atoms with Crippen LogP contribution >= 0.6 is 0 Å². The van der Waals surface area contributed by atoms with Gasteiger partial charge in [0.05, 0.1) is 19.6 Å². The van der Waals surface area contributed by atoms with Gasteiger partial charge in [0.1, 0.15) is 5.75 Å². The number of piperazine rings is 1. The van der Waals surface area contributed by atoms with Gasteiger partial charge in [-0.2, -0.15) is 0 Å². The summed E-state index contributed by atoms with van der Waals surface area (Å²) in [5.74, 6) is 0.820. The SMILES string of the molecule is CCOc1ccc(CC(=O)Nc2ccc(C(=O)CN3CCN(C)CC3)cc2)cc1. The van der Waals surface area contributed by atoms with Crippen molar-refractivity contribution in [1.29, 1.82) is 0 Å². The molecule has 1 amide bonds. The number of carbonyl (C=O) groups is 2. The first-order valence-corrected chi connectivity index (χ1v) is 10.1. The molecule has 0 aliphatic carbocycles. The Morgan fingerprint density at radius 2 is 1.62 bits per heavy atom. The molecule has 1 fully saturated rings. The summed E-state index contributed by atoms with van der Waals surface area (Å²) in [7, 11) is 2.10. The van der Waals surface area contributed by atoms with Crippen LogP contribution in [0.3, 0.4) is 0 Å². The molecule has 2 aromatic carbocycles. The summed E-state index contributed by atoms with van der Waals surface area (Å²) < 4.78 is 5.41. The van der Waals surface area contributed by atoms with E-state index in [-0.39, 0.29) is 18.1 Å². The number of nitrogens with one attached hydrogen (secondary N) is 1. The van der Waals surface area contributed by atoms with E-state index in [9.17, 15) is 9.59 Å². The Balaban J connectivity index is 1.49. The fraction of sp³-hybridized carbons (Fsp3) is 0.391. The van der Waals surface area contributed by atoms with Crippen LogP contribution in [0.1, 0.15) is 22.8 Å². The maximum Gasteiger partial charge on any atom is 0.228 e. The van der Waals surface area contributed by atoms with Crippen molar-refractivity contribution in [2.24, 2.45) is 0 Å². The molecule has 0 bridgehead atoms.